The van der Waals surface area contributed by atoms with Crippen molar-refractivity contribution in [2.75, 3.05) is 13.2 Å². The summed E-state index contributed by atoms with van der Waals surface area (Å²) < 4.78 is 15.1. The van der Waals surface area contributed by atoms with Gasteiger partial charge in [0.15, 0.2) is 0 Å². The number of phenolic OH excluding ortho intramolecular Hbond substituents is 2. The first kappa shape index (κ1) is 18.1. The molecule has 0 aliphatic heterocycles. The summed E-state index contributed by atoms with van der Waals surface area (Å²) in [4.78, 5) is 24.1. The second-order valence-corrected chi connectivity index (χ2v) is 4.90. The van der Waals surface area contributed by atoms with Crippen molar-refractivity contribution in [3.8, 4) is 23.0 Å². The Morgan fingerprint density at radius 3 is 1.52 bits per heavy atom. The highest BCUT2D eigenvalue weighted by Gasteiger charge is 2.21. The summed E-state index contributed by atoms with van der Waals surface area (Å²) >= 11 is 0. The van der Waals surface area contributed by atoms with Gasteiger partial charge in [0, 0.05) is 12.1 Å². The predicted octanol–water partition coefficient (Wildman–Crippen LogP) is 2.89. The van der Waals surface area contributed by atoms with Gasteiger partial charge in [0.05, 0.1) is 13.2 Å². The zero-order valence-electron chi connectivity index (χ0n) is 13.8. The molecule has 0 aliphatic rings. The normalized spacial score (nSPS) is 10.2. The first-order valence-corrected chi connectivity index (χ1v) is 7.64. The standard InChI is InChI=1S/C18H18O7/c1-3-23-11-5-7-13(15(19)9-11)17(21)25-18(22)14-8-6-12(24-4-2)10-16(14)20/h5-10,19-20H,3-4H2,1-2H3. The first-order chi connectivity index (χ1) is 12.0. The zero-order chi connectivity index (χ0) is 18.4. The molecule has 0 atom stereocenters. The number of carbonyl (C=O) groups is 2. The van der Waals surface area contributed by atoms with Crippen molar-refractivity contribution in [3.63, 3.8) is 0 Å². The Bertz CT molecular complexity index is 717. The maximum Gasteiger partial charge on any atom is 0.349 e. The van der Waals surface area contributed by atoms with Crippen LogP contribution >= 0.6 is 0 Å². The van der Waals surface area contributed by atoms with Gasteiger partial charge in [-0.2, -0.15) is 0 Å². The van der Waals surface area contributed by atoms with E-state index in [1.54, 1.807) is 13.8 Å². The van der Waals surface area contributed by atoms with Crippen LogP contribution in [0, 0.1) is 0 Å². The van der Waals surface area contributed by atoms with Crippen LogP contribution in [0.1, 0.15) is 34.6 Å². The van der Waals surface area contributed by atoms with Gasteiger partial charge in [-0.15, -0.1) is 0 Å². The van der Waals surface area contributed by atoms with Gasteiger partial charge < -0.3 is 24.4 Å². The minimum atomic E-state index is -1.04. The lowest BCUT2D eigenvalue weighted by Gasteiger charge is -2.09. The van der Waals surface area contributed by atoms with E-state index >= 15 is 0 Å². The highest BCUT2D eigenvalue weighted by Crippen LogP contribution is 2.27. The first-order valence-electron chi connectivity index (χ1n) is 7.64. The molecule has 2 N–H and O–H groups in total. The van der Waals surface area contributed by atoms with E-state index in [0.717, 1.165) is 0 Å². The average molecular weight is 346 g/mol. The van der Waals surface area contributed by atoms with Gasteiger partial charge in [0.1, 0.15) is 34.1 Å². The maximum atomic E-state index is 12.0. The third-order valence-electron chi connectivity index (χ3n) is 3.19. The largest absolute Gasteiger partial charge is 0.507 e. The van der Waals surface area contributed by atoms with Crippen LogP contribution < -0.4 is 9.47 Å². The second kappa shape index (κ2) is 8.05. The molecule has 0 spiro atoms. The smallest absolute Gasteiger partial charge is 0.349 e. The van der Waals surface area contributed by atoms with Crippen molar-refractivity contribution in [2.24, 2.45) is 0 Å². The van der Waals surface area contributed by atoms with E-state index in [4.69, 9.17) is 14.2 Å². The van der Waals surface area contributed by atoms with Gasteiger partial charge in [-0.05, 0) is 38.1 Å². The van der Waals surface area contributed by atoms with Gasteiger partial charge in [-0.25, -0.2) is 9.59 Å². The number of hydrogen-bond acceptors (Lipinski definition) is 7. The lowest BCUT2D eigenvalue weighted by molar-refractivity contribution is 0.0394. The molecule has 2 rings (SSSR count). The molecule has 0 unspecified atom stereocenters. The minimum Gasteiger partial charge on any atom is -0.507 e. The Morgan fingerprint density at radius 1 is 0.800 bits per heavy atom. The Hall–Kier alpha value is -3.22. The van der Waals surface area contributed by atoms with Gasteiger partial charge in [-0.1, -0.05) is 0 Å². The van der Waals surface area contributed by atoms with E-state index in [1.807, 2.05) is 0 Å². The molecule has 25 heavy (non-hydrogen) atoms. The Kier molecular flexibility index (Phi) is 5.84. The Balaban J connectivity index is 2.13. The van der Waals surface area contributed by atoms with E-state index in [1.165, 1.54) is 36.4 Å². The van der Waals surface area contributed by atoms with E-state index < -0.39 is 11.9 Å². The summed E-state index contributed by atoms with van der Waals surface area (Å²) in [7, 11) is 0. The number of aromatic hydroxyl groups is 2. The molecule has 0 bridgehead atoms. The molecule has 7 heteroatoms. The summed E-state index contributed by atoms with van der Waals surface area (Å²) in [5.74, 6) is -2.07. The molecule has 2 aromatic carbocycles. The minimum absolute atomic E-state index is 0.192. The Morgan fingerprint density at radius 2 is 1.20 bits per heavy atom. The van der Waals surface area contributed by atoms with Crippen LogP contribution in [0.4, 0.5) is 0 Å². The zero-order valence-corrected chi connectivity index (χ0v) is 13.8. The molecule has 0 amide bonds. The number of carbonyl (C=O) groups excluding carboxylic acids is 2. The summed E-state index contributed by atoms with van der Waals surface area (Å²) in [5.41, 5.74) is -0.385. The molecule has 0 saturated heterocycles. The fourth-order valence-electron chi connectivity index (χ4n) is 2.08. The number of rotatable bonds is 6. The molecule has 2 aromatic rings. The van der Waals surface area contributed by atoms with Gasteiger partial charge in [-0.3, -0.25) is 0 Å². The SMILES string of the molecule is CCOc1ccc(C(=O)OC(=O)c2ccc(OCC)cc2O)c(O)c1. The van der Waals surface area contributed by atoms with Crippen molar-refractivity contribution in [2.45, 2.75) is 13.8 Å². The van der Waals surface area contributed by atoms with Crippen molar-refractivity contribution in [1.29, 1.82) is 0 Å². The third-order valence-corrected chi connectivity index (χ3v) is 3.19. The highest BCUT2D eigenvalue weighted by molar-refractivity contribution is 6.04. The quantitative estimate of drug-likeness (QED) is 0.612. The molecule has 0 aliphatic carbocycles. The monoisotopic (exact) mass is 346 g/mol. The van der Waals surface area contributed by atoms with Gasteiger partial charge in [0.2, 0.25) is 0 Å². The highest BCUT2D eigenvalue weighted by atomic mass is 16.6. The predicted molar refractivity (Wildman–Crippen MR) is 88.3 cm³/mol. The van der Waals surface area contributed by atoms with Crippen LogP contribution in [0.3, 0.4) is 0 Å². The van der Waals surface area contributed by atoms with E-state index in [-0.39, 0.29) is 22.6 Å². The number of ether oxygens (including phenoxy) is 3. The molecule has 132 valence electrons. The van der Waals surface area contributed by atoms with Crippen LogP contribution in [0.2, 0.25) is 0 Å². The number of esters is 2. The third kappa shape index (κ3) is 4.41. The fourth-order valence-corrected chi connectivity index (χ4v) is 2.08. The fraction of sp³-hybridized carbons (Fsp3) is 0.222. The van der Waals surface area contributed by atoms with Crippen molar-refractivity contribution >= 4 is 11.9 Å². The summed E-state index contributed by atoms with van der Waals surface area (Å²) in [6.45, 7) is 4.36. The molecule has 0 saturated carbocycles. The number of phenols is 2. The number of benzene rings is 2. The van der Waals surface area contributed by atoms with Gasteiger partial charge >= 0.3 is 11.9 Å². The molecule has 0 heterocycles. The van der Waals surface area contributed by atoms with Crippen LogP contribution in [-0.4, -0.2) is 35.4 Å². The van der Waals surface area contributed by atoms with E-state index in [0.29, 0.717) is 24.7 Å². The van der Waals surface area contributed by atoms with E-state index in [2.05, 4.69) is 0 Å². The molecular weight excluding hydrogens is 328 g/mol. The summed E-state index contributed by atoms with van der Waals surface area (Å²) in [6, 6.07) is 8.01. The van der Waals surface area contributed by atoms with Gasteiger partial charge in [0.25, 0.3) is 0 Å². The molecule has 7 nitrogen and oxygen atoms in total. The lowest BCUT2D eigenvalue weighted by Crippen LogP contribution is -2.13. The summed E-state index contributed by atoms with van der Waals surface area (Å²) in [5, 5.41) is 19.7. The average Bonchev–Trinajstić information content (AvgIpc) is 2.55. The van der Waals surface area contributed by atoms with Crippen molar-refractivity contribution in [1.82, 2.24) is 0 Å². The molecule has 0 radical (unpaired) electrons. The van der Waals surface area contributed by atoms with Crippen LogP contribution in [0.25, 0.3) is 0 Å². The topological polar surface area (TPSA) is 102 Å². The molecule has 0 fully saturated rings. The molecular formula is C18H18O7. The van der Waals surface area contributed by atoms with Crippen molar-refractivity contribution < 1.29 is 34.0 Å². The molecule has 0 aromatic heterocycles. The lowest BCUT2D eigenvalue weighted by atomic mass is 10.1. The maximum absolute atomic E-state index is 12.0. The second-order valence-electron chi connectivity index (χ2n) is 4.90. The van der Waals surface area contributed by atoms with Crippen LogP contribution in [-0.2, 0) is 4.74 Å². The van der Waals surface area contributed by atoms with Crippen molar-refractivity contribution in [3.05, 3.63) is 47.5 Å². The summed E-state index contributed by atoms with van der Waals surface area (Å²) in [6.07, 6.45) is 0. The van der Waals surface area contributed by atoms with E-state index in [9.17, 15) is 19.8 Å². The van der Waals surface area contributed by atoms with Crippen LogP contribution in [0.15, 0.2) is 36.4 Å². The Labute approximate surface area is 144 Å². The van der Waals surface area contributed by atoms with Crippen LogP contribution in [0.5, 0.6) is 23.0 Å². The number of hydrogen-bond donors (Lipinski definition) is 2.